The van der Waals surface area contributed by atoms with Gasteiger partial charge >= 0.3 is 5.97 Å². The molecule has 1 heterocycles. The zero-order chi connectivity index (χ0) is 20.0. The second-order valence-electron chi connectivity index (χ2n) is 5.93. The maximum atomic E-state index is 12.2. The number of amides is 1. The Morgan fingerprint density at radius 1 is 1.07 bits per heavy atom. The fraction of sp³-hybridized carbons (Fsp3) is 0.294. The smallest absolute Gasteiger partial charge is 0.359 e. The zero-order valence-corrected chi connectivity index (χ0v) is 15.9. The summed E-state index contributed by atoms with van der Waals surface area (Å²) in [5.41, 5.74) is 0.357. The second kappa shape index (κ2) is 8.69. The summed E-state index contributed by atoms with van der Waals surface area (Å²) >= 11 is 0. The molecule has 0 spiro atoms. The van der Waals surface area contributed by atoms with E-state index in [-0.39, 0.29) is 16.6 Å². The number of aromatic nitrogens is 2. The van der Waals surface area contributed by atoms with Gasteiger partial charge in [0.25, 0.3) is 5.91 Å². The van der Waals surface area contributed by atoms with E-state index in [0.29, 0.717) is 5.69 Å². The lowest BCUT2D eigenvalue weighted by Gasteiger charge is -2.14. The Hall–Kier alpha value is -2.85. The highest BCUT2D eigenvalue weighted by Crippen LogP contribution is 2.15. The van der Waals surface area contributed by atoms with Crippen molar-refractivity contribution >= 4 is 27.6 Å². The van der Waals surface area contributed by atoms with E-state index < -0.39 is 28.0 Å². The van der Waals surface area contributed by atoms with Crippen molar-refractivity contribution in [1.82, 2.24) is 14.7 Å². The van der Waals surface area contributed by atoms with E-state index in [9.17, 15) is 18.0 Å². The molecule has 2 N–H and O–H groups in total. The van der Waals surface area contributed by atoms with Gasteiger partial charge in [-0.05, 0) is 45.0 Å². The highest BCUT2D eigenvalue weighted by Gasteiger charge is 2.20. The fourth-order valence-electron chi connectivity index (χ4n) is 2.02. The normalized spacial score (nSPS) is 12.4. The Morgan fingerprint density at radius 3 is 2.30 bits per heavy atom. The first-order valence-electron chi connectivity index (χ1n) is 8.09. The first-order chi connectivity index (χ1) is 12.7. The van der Waals surface area contributed by atoms with Crippen LogP contribution >= 0.6 is 0 Å². The van der Waals surface area contributed by atoms with E-state index in [2.05, 4.69) is 20.0 Å². The molecule has 0 aliphatic heterocycles. The Bertz CT molecular complexity index is 899. The van der Waals surface area contributed by atoms with Gasteiger partial charge in [-0.15, -0.1) is 0 Å². The number of benzene rings is 1. The molecular weight excluding hydrogens is 372 g/mol. The molecule has 10 heteroatoms. The molecule has 2 aromatic rings. The molecule has 0 saturated heterocycles. The summed E-state index contributed by atoms with van der Waals surface area (Å²) in [5, 5.41) is 2.55. The van der Waals surface area contributed by atoms with Crippen molar-refractivity contribution in [2.75, 3.05) is 5.32 Å². The minimum absolute atomic E-state index is 0.00985. The molecule has 0 bridgehead atoms. The van der Waals surface area contributed by atoms with Crippen molar-refractivity contribution in [2.45, 2.75) is 37.8 Å². The average molecular weight is 392 g/mol. The number of ether oxygens (including phenoxy) is 1. The summed E-state index contributed by atoms with van der Waals surface area (Å²) in [7, 11) is -3.61. The van der Waals surface area contributed by atoms with E-state index in [4.69, 9.17) is 4.74 Å². The highest BCUT2D eigenvalue weighted by atomic mass is 32.2. The van der Waals surface area contributed by atoms with Gasteiger partial charge in [0.15, 0.2) is 11.8 Å². The number of anilines is 1. The average Bonchev–Trinajstić information content (AvgIpc) is 2.61. The van der Waals surface area contributed by atoms with Crippen molar-refractivity contribution in [3.05, 3.63) is 48.5 Å². The minimum atomic E-state index is -3.61. The van der Waals surface area contributed by atoms with Gasteiger partial charge in [-0.25, -0.2) is 22.9 Å². The van der Waals surface area contributed by atoms with Crippen LogP contribution in [0.3, 0.4) is 0 Å². The molecule has 0 aliphatic rings. The number of sulfonamides is 1. The summed E-state index contributed by atoms with van der Waals surface area (Å²) in [6.45, 7) is 4.85. The Morgan fingerprint density at radius 2 is 1.74 bits per heavy atom. The van der Waals surface area contributed by atoms with Crippen molar-refractivity contribution in [3.8, 4) is 0 Å². The van der Waals surface area contributed by atoms with Crippen molar-refractivity contribution in [3.63, 3.8) is 0 Å². The lowest BCUT2D eigenvalue weighted by molar-refractivity contribution is -0.123. The number of nitrogens with zero attached hydrogens (tertiary/aromatic N) is 2. The van der Waals surface area contributed by atoms with Crippen LogP contribution < -0.4 is 10.0 Å². The molecule has 1 atom stereocenters. The molecule has 0 saturated carbocycles. The van der Waals surface area contributed by atoms with E-state index in [0.717, 1.165) is 0 Å². The molecule has 2 rings (SSSR count). The molecule has 144 valence electrons. The largest absolute Gasteiger partial charge is 0.448 e. The maximum absolute atomic E-state index is 12.2. The van der Waals surface area contributed by atoms with Gasteiger partial charge in [-0.2, -0.15) is 0 Å². The lowest BCUT2D eigenvalue weighted by Crippen LogP contribution is -2.31. The number of esters is 1. The third kappa shape index (κ3) is 5.83. The molecule has 1 amide bonds. The first kappa shape index (κ1) is 20.5. The van der Waals surface area contributed by atoms with Crippen molar-refractivity contribution in [1.29, 1.82) is 0 Å². The maximum Gasteiger partial charge on any atom is 0.359 e. The summed E-state index contributed by atoms with van der Waals surface area (Å²) in [6.07, 6.45) is 2.90. The summed E-state index contributed by atoms with van der Waals surface area (Å²) in [4.78, 5) is 31.7. The molecule has 27 heavy (non-hydrogen) atoms. The van der Waals surface area contributed by atoms with Crippen molar-refractivity contribution < 1.29 is 22.7 Å². The van der Waals surface area contributed by atoms with Crippen LogP contribution in [0.2, 0.25) is 0 Å². The number of hydrogen-bond acceptors (Lipinski definition) is 7. The molecule has 0 fully saturated rings. The van der Waals surface area contributed by atoms with Crippen LogP contribution in [-0.2, 0) is 19.6 Å². The summed E-state index contributed by atoms with van der Waals surface area (Å²) < 4.78 is 31.6. The second-order valence-corrected chi connectivity index (χ2v) is 7.64. The number of hydrogen-bond donors (Lipinski definition) is 2. The van der Waals surface area contributed by atoms with Gasteiger partial charge in [-0.3, -0.25) is 9.78 Å². The third-order valence-corrected chi connectivity index (χ3v) is 4.92. The van der Waals surface area contributed by atoms with Crippen LogP contribution in [-0.4, -0.2) is 42.4 Å². The number of nitrogens with one attached hydrogen (secondary N) is 2. The zero-order valence-electron chi connectivity index (χ0n) is 15.0. The first-order valence-corrected chi connectivity index (χ1v) is 9.57. The van der Waals surface area contributed by atoms with Gasteiger partial charge in [0, 0.05) is 24.1 Å². The Balaban J connectivity index is 1.98. The molecule has 0 aliphatic carbocycles. The summed E-state index contributed by atoms with van der Waals surface area (Å²) in [6, 6.07) is 5.40. The van der Waals surface area contributed by atoms with Gasteiger partial charge < -0.3 is 10.1 Å². The standard InChI is InChI=1S/C17H20N4O5S/c1-11(2)21-27(24,25)14-6-4-13(5-7-14)20-16(22)12(3)26-17(23)15-10-18-8-9-19-15/h4-12,21H,1-3H3,(H,20,22)/t12-/m0/s1. The van der Waals surface area contributed by atoms with Crippen LogP contribution in [0.1, 0.15) is 31.3 Å². The van der Waals surface area contributed by atoms with Gasteiger partial charge in [0.2, 0.25) is 10.0 Å². The number of carbonyl (C=O) groups excluding carboxylic acids is 2. The van der Waals surface area contributed by atoms with E-state index in [1.165, 1.54) is 49.8 Å². The van der Waals surface area contributed by atoms with E-state index in [1.807, 2.05) is 0 Å². The Labute approximate surface area is 157 Å². The predicted octanol–water partition coefficient (Wildman–Crippen LogP) is 1.35. The van der Waals surface area contributed by atoms with Crippen LogP contribution in [0.4, 0.5) is 5.69 Å². The predicted molar refractivity (Wildman–Crippen MR) is 97.4 cm³/mol. The van der Waals surface area contributed by atoms with E-state index >= 15 is 0 Å². The number of carbonyl (C=O) groups is 2. The lowest BCUT2D eigenvalue weighted by atomic mass is 10.3. The van der Waals surface area contributed by atoms with Gasteiger partial charge in [0.1, 0.15) is 0 Å². The van der Waals surface area contributed by atoms with Gasteiger partial charge in [0.05, 0.1) is 11.1 Å². The SMILES string of the molecule is CC(C)NS(=O)(=O)c1ccc(NC(=O)[C@H](C)OC(=O)c2cnccn2)cc1. The molecule has 9 nitrogen and oxygen atoms in total. The third-order valence-electron chi connectivity index (χ3n) is 3.25. The summed E-state index contributed by atoms with van der Waals surface area (Å²) in [5.74, 6) is -1.34. The van der Waals surface area contributed by atoms with Gasteiger partial charge in [-0.1, -0.05) is 0 Å². The fourth-order valence-corrected chi connectivity index (χ4v) is 3.27. The number of rotatable bonds is 7. The molecule has 0 radical (unpaired) electrons. The van der Waals surface area contributed by atoms with Crippen LogP contribution in [0.5, 0.6) is 0 Å². The quantitative estimate of drug-likeness (QED) is 0.681. The Kier molecular flexibility index (Phi) is 6.59. The molecule has 0 unspecified atom stereocenters. The van der Waals surface area contributed by atoms with Crippen LogP contribution in [0.25, 0.3) is 0 Å². The van der Waals surface area contributed by atoms with Crippen molar-refractivity contribution in [2.24, 2.45) is 0 Å². The minimum Gasteiger partial charge on any atom is -0.448 e. The monoisotopic (exact) mass is 392 g/mol. The molecular formula is C17H20N4O5S. The molecule has 1 aromatic carbocycles. The topological polar surface area (TPSA) is 127 Å². The van der Waals surface area contributed by atoms with E-state index in [1.54, 1.807) is 13.8 Å². The molecule has 1 aromatic heterocycles. The van der Waals surface area contributed by atoms with Crippen LogP contribution in [0, 0.1) is 0 Å². The highest BCUT2D eigenvalue weighted by molar-refractivity contribution is 7.89. The van der Waals surface area contributed by atoms with Crippen LogP contribution in [0.15, 0.2) is 47.8 Å².